The molecular weight excluding hydrogens is 280 g/mol. The highest BCUT2D eigenvalue weighted by molar-refractivity contribution is 6.11. The third-order valence-corrected chi connectivity index (χ3v) is 4.16. The van der Waals surface area contributed by atoms with Crippen molar-refractivity contribution in [1.82, 2.24) is 0 Å². The van der Waals surface area contributed by atoms with E-state index in [9.17, 15) is 4.79 Å². The van der Waals surface area contributed by atoms with Crippen LogP contribution in [-0.2, 0) is 10.8 Å². The standard InChI is InChI=1S/C22H28O/c1-15-13-17(21(2,3)4)19(18(14-15)22(5,6)7)20(23)16-11-9-8-10-12-16/h8-14H,1-7H3. The largest absolute Gasteiger partial charge is 0.289 e. The van der Waals surface area contributed by atoms with Crippen LogP contribution in [0.4, 0.5) is 0 Å². The number of benzene rings is 2. The van der Waals surface area contributed by atoms with Crippen LogP contribution in [0.25, 0.3) is 0 Å². The Morgan fingerprint density at radius 2 is 1.22 bits per heavy atom. The Labute approximate surface area is 140 Å². The molecule has 0 amide bonds. The van der Waals surface area contributed by atoms with Gasteiger partial charge in [0.25, 0.3) is 0 Å². The molecule has 0 aliphatic rings. The highest BCUT2D eigenvalue weighted by atomic mass is 16.1. The predicted octanol–water partition coefficient (Wildman–Crippen LogP) is 5.82. The lowest BCUT2D eigenvalue weighted by Gasteiger charge is -2.30. The SMILES string of the molecule is Cc1cc(C(C)(C)C)c(C(=O)c2ccccc2)c(C(C)(C)C)c1. The van der Waals surface area contributed by atoms with Crippen molar-refractivity contribution in [3.63, 3.8) is 0 Å². The normalized spacial score (nSPS) is 12.3. The van der Waals surface area contributed by atoms with Gasteiger partial charge in [-0.25, -0.2) is 0 Å². The van der Waals surface area contributed by atoms with E-state index in [1.165, 1.54) is 5.56 Å². The summed E-state index contributed by atoms with van der Waals surface area (Å²) in [5.41, 5.74) is 4.96. The van der Waals surface area contributed by atoms with Crippen LogP contribution in [0.3, 0.4) is 0 Å². The van der Waals surface area contributed by atoms with Gasteiger partial charge >= 0.3 is 0 Å². The summed E-state index contributed by atoms with van der Waals surface area (Å²) in [6, 6.07) is 13.9. The van der Waals surface area contributed by atoms with Crippen molar-refractivity contribution in [3.8, 4) is 0 Å². The maximum Gasteiger partial charge on any atom is 0.193 e. The molecule has 23 heavy (non-hydrogen) atoms. The fourth-order valence-corrected chi connectivity index (χ4v) is 2.95. The minimum atomic E-state index is -0.0776. The zero-order valence-corrected chi connectivity index (χ0v) is 15.4. The van der Waals surface area contributed by atoms with Crippen molar-refractivity contribution >= 4 is 5.78 Å². The van der Waals surface area contributed by atoms with Gasteiger partial charge in [0.15, 0.2) is 5.78 Å². The molecule has 0 heterocycles. The summed E-state index contributed by atoms with van der Waals surface area (Å²) in [6.07, 6.45) is 0. The molecule has 0 saturated heterocycles. The van der Waals surface area contributed by atoms with Gasteiger partial charge in [-0.2, -0.15) is 0 Å². The topological polar surface area (TPSA) is 17.1 Å². The van der Waals surface area contributed by atoms with Crippen molar-refractivity contribution in [2.24, 2.45) is 0 Å². The first kappa shape index (κ1) is 17.5. The molecule has 0 aliphatic heterocycles. The molecule has 0 fully saturated rings. The van der Waals surface area contributed by atoms with E-state index >= 15 is 0 Å². The molecule has 0 saturated carbocycles. The molecule has 0 N–H and O–H groups in total. The molecule has 1 heteroatoms. The summed E-state index contributed by atoms with van der Waals surface area (Å²) < 4.78 is 0. The Hall–Kier alpha value is -1.89. The maximum absolute atomic E-state index is 13.3. The van der Waals surface area contributed by atoms with Gasteiger partial charge in [0.1, 0.15) is 0 Å². The molecular formula is C22H28O. The number of carbonyl (C=O) groups is 1. The van der Waals surface area contributed by atoms with Crippen molar-refractivity contribution in [2.75, 3.05) is 0 Å². The number of aryl methyl sites for hydroxylation is 1. The molecule has 122 valence electrons. The lowest BCUT2D eigenvalue weighted by Crippen LogP contribution is -2.24. The van der Waals surface area contributed by atoms with Gasteiger partial charge in [0, 0.05) is 11.1 Å². The highest BCUT2D eigenvalue weighted by Crippen LogP contribution is 2.36. The lowest BCUT2D eigenvalue weighted by atomic mass is 9.73. The first-order valence-corrected chi connectivity index (χ1v) is 8.27. The van der Waals surface area contributed by atoms with E-state index < -0.39 is 0 Å². The van der Waals surface area contributed by atoms with E-state index in [1.54, 1.807) is 0 Å². The Kier molecular flexibility index (Phi) is 4.52. The zero-order chi connectivity index (χ0) is 17.4. The van der Waals surface area contributed by atoms with Crippen molar-refractivity contribution in [3.05, 3.63) is 70.3 Å². The van der Waals surface area contributed by atoms with E-state index in [0.29, 0.717) is 0 Å². The third-order valence-electron chi connectivity index (χ3n) is 4.16. The first-order chi connectivity index (χ1) is 10.5. The summed E-state index contributed by atoms with van der Waals surface area (Å²) >= 11 is 0. The summed E-state index contributed by atoms with van der Waals surface area (Å²) in [5, 5.41) is 0. The van der Waals surface area contributed by atoms with E-state index in [0.717, 1.165) is 22.3 Å². The van der Waals surface area contributed by atoms with Crippen LogP contribution in [0.1, 0.15) is 74.2 Å². The number of carbonyl (C=O) groups excluding carboxylic acids is 1. The average Bonchev–Trinajstić information content (AvgIpc) is 2.45. The van der Waals surface area contributed by atoms with Crippen molar-refractivity contribution < 1.29 is 4.79 Å². The second-order valence-corrected chi connectivity index (χ2v) is 8.43. The van der Waals surface area contributed by atoms with Crippen molar-refractivity contribution in [1.29, 1.82) is 0 Å². The molecule has 0 spiro atoms. The van der Waals surface area contributed by atoms with Crippen LogP contribution in [0.2, 0.25) is 0 Å². The number of ketones is 1. The van der Waals surface area contributed by atoms with Crippen LogP contribution in [-0.4, -0.2) is 5.78 Å². The number of hydrogen-bond acceptors (Lipinski definition) is 1. The quantitative estimate of drug-likeness (QED) is 0.639. The average molecular weight is 308 g/mol. The Balaban J connectivity index is 2.81. The van der Waals surface area contributed by atoms with Gasteiger partial charge in [0.2, 0.25) is 0 Å². The molecule has 2 aromatic carbocycles. The summed E-state index contributed by atoms with van der Waals surface area (Å²) in [7, 11) is 0. The number of rotatable bonds is 2. The highest BCUT2D eigenvalue weighted by Gasteiger charge is 2.29. The summed E-state index contributed by atoms with van der Waals surface area (Å²) in [4.78, 5) is 13.3. The molecule has 0 atom stereocenters. The third kappa shape index (κ3) is 3.72. The van der Waals surface area contributed by atoms with E-state index in [4.69, 9.17) is 0 Å². The molecule has 0 bridgehead atoms. The minimum absolute atomic E-state index is 0.0776. The fourth-order valence-electron chi connectivity index (χ4n) is 2.95. The first-order valence-electron chi connectivity index (χ1n) is 8.27. The van der Waals surface area contributed by atoms with Gasteiger partial charge in [-0.05, 0) is 28.9 Å². The van der Waals surface area contributed by atoms with E-state index in [-0.39, 0.29) is 16.6 Å². The molecule has 2 aromatic rings. The smallest absolute Gasteiger partial charge is 0.193 e. The summed E-state index contributed by atoms with van der Waals surface area (Å²) in [6.45, 7) is 15.2. The maximum atomic E-state index is 13.3. The van der Waals surface area contributed by atoms with Gasteiger partial charge < -0.3 is 0 Å². The molecule has 0 aliphatic carbocycles. The van der Waals surface area contributed by atoms with E-state index in [2.05, 4.69) is 60.6 Å². The van der Waals surface area contributed by atoms with Gasteiger partial charge in [-0.3, -0.25) is 4.79 Å². The van der Waals surface area contributed by atoms with Gasteiger partial charge in [0.05, 0.1) is 0 Å². The second kappa shape index (κ2) is 5.96. The Morgan fingerprint density at radius 3 is 1.61 bits per heavy atom. The molecule has 0 unspecified atom stereocenters. The lowest BCUT2D eigenvalue weighted by molar-refractivity contribution is 0.103. The monoisotopic (exact) mass is 308 g/mol. The number of hydrogen-bond donors (Lipinski definition) is 0. The molecule has 1 nitrogen and oxygen atoms in total. The Bertz CT molecular complexity index is 675. The van der Waals surface area contributed by atoms with Crippen LogP contribution < -0.4 is 0 Å². The second-order valence-electron chi connectivity index (χ2n) is 8.43. The summed E-state index contributed by atoms with van der Waals surface area (Å²) in [5.74, 6) is 0.125. The van der Waals surface area contributed by atoms with E-state index in [1.807, 2.05) is 30.3 Å². The Morgan fingerprint density at radius 1 is 0.783 bits per heavy atom. The van der Waals surface area contributed by atoms with Gasteiger partial charge in [-0.15, -0.1) is 0 Å². The van der Waals surface area contributed by atoms with Gasteiger partial charge in [-0.1, -0.05) is 89.6 Å². The predicted molar refractivity (Wildman–Crippen MR) is 98.5 cm³/mol. The van der Waals surface area contributed by atoms with Crippen LogP contribution >= 0.6 is 0 Å². The van der Waals surface area contributed by atoms with Crippen molar-refractivity contribution in [2.45, 2.75) is 59.3 Å². The molecule has 0 radical (unpaired) electrons. The molecule has 2 rings (SSSR count). The molecule has 0 aromatic heterocycles. The fraction of sp³-hybridized carbons (Fsp3) is 0.409. The van der Waals surface area contributed by atoms with Crippen LogP contribution in [0.15, 0.2) is 42.5 Å². The van der Waals surface area contributed by atoms with Crippen LogP contribution in [0, 0.1) is 6.92 Å². The minimum Gasteiger partial charge on any atom is -0.289 e. The zero-order valence-electron chi connectivity index (χ0n) is 15.4. The van der Waals surface area contributed by atoms with Crippen LogP contribution in [0.5, 0.6) is 0 Å².